The lowest BCUT2D eigenvalue weighted by Crippen LogP contribution is -2.34. The van der Waals surface area contributed by atoms with E-state index in [1.54, 1.807) is 4.90 Å². The van der Waals surface area contributed by atoms with E-state index < -0.39 is 0 Å². The molecule has 0 saturated carbocycles. The zero-order valence-electron chi connectivity index (χ0n) is 15.1. The van der Waals surface area contributed by atoms with E-state index in [1.165, 1.54) is 11.3 Å². The van der Waals surface area contributed by atoms with Crippen LogP contribution in [-0.2, 0) is 4.79 Å². The van der Waals surface area contributed by atoms with E-state index in [-0.39, 0.29) is 11.8 Å². The molecule has 3 heterocycles. The molecule has 1 N–H and O–H groups in total. The molecule has 0 atom stereocenters. The summed E-state index contributed by atoms with van der Waals surface area (Å²) in [5.41, 5.74) is 2.78. The number of hydrogen-bond donors (Lipinski definition) is 1. The topological polar surface area (TPSA) is 52.7 Å². The van der Waals surface area contributed by atoms with Crippen molar-refractivity contribution in [2.75, 3.05) is 30.4 Å². The Morgan fingerprint density at radius 1 is 1.27 bits per heavy atom. The average molecular weight is 369 g/mol. The zero-order chi connectivity index (χ0) is 18.3. The molecule has 4 rings (SSSR count). The maximum atomic E-state index is 13.4. The smallest absolute Gasteiger partial charge is 0.258 e. The number of carbonyl (C=O) groups is 2. The first-order valence-corrected chi connectivity index (χ1v) is 9.92. The van der Waals surface area contributed by atoms with E-state index in [1.807, 2.05) is 36.6 Å². The van der Waals surface area contributed by atoms with Crippen LogP contribution in [0.3, 0.4) is 0 Å². The summed E-state index contributed by atoms with van der Waals surface area (Å²) >= 11 is 1.51. The largest absolute Gasteiger partial charge is 0.320 e. The lowest BCUT2D eigenvalue weighted by atomic mass is 9.93. The van der Waals surface area contributed by atoms with Crippen molar-refractivity contribution in [1.82, 2.24) is 4.90 Å². The van der Waals surface area contributed by atoms with Crippen molar-refractivity contribution in [3.05, 3.63) is 40.1 Å². The number of thiophene rings is 1. The second kappa shape index (κ2) is 6.85. The lowest BCUT2D eigenvalue weighted by Gasteiger charge is -2.31. The monoisotopic (exact) mass is 369 g/mol. The van der Waals surface area contributed by atoms with E-state index >= 15 is 0 Å². The molecular formula is C20H23N3O2S. The first-order chi connectivity index (χ1) is 12.5. The highest BCUT2D eigenvalue weighted by Gasteiger charge is 2.33. The number of benzene rings is 1. The van der Waals surface area contributed by atoms with E-state index in [0.717, 1.165) is 42.2 Å². The summed E-state index contributed by atoms with van der Waals surface area (Å²) in [6.45, 7) is 4.05. The number of rotatable bonds is 2. The molecule has 2 aliphatic heterocycles. The van der Waals surface area contributed by atoms with Gasteiger partial charge in [-0.3, -0.25) is 14.5 Å². The van der Waals surface area contributed by atoms with Crippen LogP contribution in [0.25, 0.3) is 0 Å². The summed E-state index contributed by atoms with van der Waals surface area (Å²) in [5, 5.41) is 4.80. The summed E-state index contributed by atoms with van der Waals surface area (Å²) in [4.78, 5) is 31.1. The predicted octanol–water partition coefficient (Wildman–Crippen LogP) is 4.02. The highest BCUT2D eigenvalue weighted by atomic mass is 32.1. The highest BCUT2D eigenvalue weighted by Crippen LogP contribution is 2.42. The number of fused-ring (bicyclic) bond motifs is 2. The van der Waals surface area contributed by atoms with Crippen LogP contribution in [0.15, 0.2) is 29.6 Å². The molecule has 136 valence electrons. The standard InChI is InChI=1S/C20H23N3O2S/c1-13-19-15(12-26-13)20(25)21-16-5-3-4-6-17(16)23(19)18(24)11-14-7-9-22(2)10-8-14/h3-6,12,14H,7-11H2,1-2H3,(H,21,25). The number of aryl methyl sites for hydroxylation is 1. The average Bonchev–Trinajstić information content (AvgIpc) is 2.94. The van der Waals surface area contributed by atoms with Gasteiger partial charge < -0.3 is 10.2 Å². The quantitative estimate of drug-likeness (QED) is 0.870. The van der Waals surface area contributed by atoms with Crippen LogP contribution in [0, 0.1) is 12.8 Å². The molecule has 1 fully saturated rings. The van der Waals surface area contributed by atoms with Gasteiger partial charge in [0.15, 0.2) is 0 Å². The Hall–Kier alpha value is -2.18. The van der Waals surface area contributed by atoms with Crippen molar-refractivity contribution in [3.8, 4) is 0 Å². The fourth-order valence-electron chi connectivity index (χ4n) is 3.84. The maximum absolute atomic E-state index is 13.4. The number of carbonyl (C=O) groups excluding carboxylic acids is 2. The molecule has 0 spiro atoms. The Labute approximate surface area is 157 Å². The first kappa shape index (κ1) is 17.2. The summed E-state index contributed by atoms with van der Waals surface area (Å²) < 4.78 is 0. The minimum absolute atomic E-state index is 0.0752. The molecule has 1 aromatic carbocycles. The number of hydrogen-bond acceptors (Lipinski definition) is 4. The molecule has 5 nitrogen and oxygen atoms in total. The van der Waals surface area contributed by atoms with Crippen LogP contribution in [0.1, 0.15) is 34.5 Å². The number of amides is 2. The number of anilines is 3. The molecule has 0 aliphatic carbocycles. The van der Waals surface area contributed by atoms with Crippen LogP contribution in [0.5, 0.6) is 0 Å². The molecule has 0 radical (unpaired) electrons. The van der Waals surface area contributed by atoms with Crippen molar-refractivity contribution in [1.29, 1.82) is 0 Å². The van der Waals surface area contributed by atoms with E-state index in [4.69, 9.17) is 0 Å². The van der Waals surface area contributed by atoms with Gasteiger partial charge in [0.25, 0.3) is 5.91 Å². The number of nitrogens with zero attached hydrogens (tertiary/aromatic N) is 2. The second-order valence-electron chi connectivity index (χ2n) is 7.21. The van der Waals surface area contributed by atoms with Crippen LogP contribution in [0.2, 0.25) is 0 Å². The van der Waals surface area contributed by atoms with Crippen LogP contribution in [-0.4, -0.2) is 36.9 Å². The van der Waals surface area contributed by atoms with Crippen molar-refractivity contribution >= 4 is 40.2 Å². The maximum Gasteiger partial charge on any atom is 0.258 e. The molecule has 2 aromatic rings. The number of likely N-dealkylation sites (tertiary alicyclic amines) is 1. The van der Waals surface area contributed by atoms with Gasteiger partial charge in [0.05, 0.1) is 22.6 Å². The number of nitrogens with one attached hydrogen (secondary N) is 1. The van der Waals surface area contributed by atoms with Gasteiger partial charge >= 0.3 is 0 Å². The van der Waals surface area contributed by atoms with Gasteiger partial charge in [0, 0.05) is 16.7 Å². The molecular weight excluding hydrogens is 346 g/mol. The molecule has 0 bridgehead atoms. The SMILES string of the molecule is Cc1scc2c1N(C(=O)CC1CCN(C)CC1)c1ccccc1NC2=O. The van der Waals surface area contributed by atoms with Gasteiger partial charge in [-0.15, -0.1) is 11.3 Å². The third-order valence-corrected chi connectivity index (χ3v) is 6.25. The zero-order valence-corrected chi connectivity index (χ0v) is 15.9. The third-order valence-electron chi connectivity index (χ3n) is 5.35. The highest BCUT2D eigenvalue weighted by molar-refractivity contribution is 7.11. The fourth-order valence-corrected chi connectivity index (χ4v) is 4.66. The van der Waals surface area contributed by atoms with Gasteiger partial charge in [-0.2, -0.15) is 0 Å². The van der Waals surface area contributed by atoms with E-state index in [0.29, 0.717) is 23.6 Å². The van der Waals surface area contributed by atoms with Crippen molar-refractivity contribution in [3.63, 3.8) is 0 Å². The minimum atomic E-state index is -0.147. The number of piperidine rings is 1. The summed E-state index contributed by atoms with van der Waals surface area (Å²) in [7, 11) is 2.13. The Morgan fingerprint density at radius 3 is 2.77 bits per heavy atom. The predicted molar refractivity (Wildman–Crippen MR) is 105 cm³/mol. The van der Waals surface area contributed by atoms with Gasteiger partial charge in [-0.1, -0.05) is 12.1 Å². The van der Waals surface area contributed by atoms with Crippen LogP contribution in [0.4, 0.5) is 17.1 Å². The Kier molecular flexibility index (Phi) is 4.54. The van der Waals surface area contributed by atoms with E-state index in [9.17, 15) is 9.59 Å². The van der Waals surface area contributed by atoms with Gasteiger partial charge in [0.1, 0.15) is 0 Å². The normalized spacial score (nSPS) is 18.1. The lowest BCUT2D eigenvalue weighted by molar-refractivity contribution is -0.119. The van der Waals surface area contributed by atoms with Gasteiger partial charge in [-0.05, 0) is 58.0 Å². The molecule has 2 amide bonds. The number of para-hydroxylation sites is 2. The molecule has 6 heteroatoms. The molecule has 1 aromatic heterocycles. The summed E-state index contributed by atoms with van der Waals surface area (Å²) in [6.07, 6.45) is 2.61. The fraction of sp³-hybridized carbons (Fsp3) is 0.400. The van der Waals surface area contributed by atoms with Gasteiger partial charge in [-0.25, -0.2) is 0 Å². The van der Waals surface area contributed by atoms with Crippen molar-refractivity contribution in [2.24, 2.45) is 5.92 Å². The summed E-state index contributed by atoms with van der Waals surface area (Å²) in [6, 6.07) is 7.56. The molecule has 0 unspecified atom stereocenters. The summed E-state index contributed by atoms with van der Waals surface area (Å²) in [5.74, 6) is 0.331. The molecule has 26 heavy (non-hydrogen) atoms. The Balaban J connectivity index is 1.72. The van der Waals surface area contributed by atoms with Gasteiger partial charge in [0.2, 0.25) is 5.91 Å². The third kappa shape index (κ3) is 3.04. The molecule has 2 aliphatic rings. The second-order valence-corrected chi connectivity index (χ2v) is 8.29. The van der Waals surface area contributed by atoms with E-state index in [2.05, 4.69) is 17.3 Å². The Morgan fingerprint density at radius 2 is 2.00 bits per heavy atom. The molecule has 1 saturated heterocycles. The van der Waals surface area contributed by atoms with Crippen molar-refractivity contribution < 1.29 is 9.59 Å². The first-order valence-electron chi connectivity index (χ1n) is 9.04. The Bertz CT molecular complexity index is 852. The minimum Gasteiger partial charge on any atom is -0.320 e. The van der Waals surface area contributed by atoms with Crippen LogP contribution < -0.4 is 10.2 Å². The van der Waals surface area contributed by atoms with Crippen LogP contribution >= 0.6 is 11.3 Å². The van der Waals surface area contributed by atoms with Crippen molar-refractivity contribution in [2.45, 2.75) is 26.2 Å².